The third-order valence-corrected chi connectivity index (χ3v) is 21.7. The first-order chi connectivity index (χ1) is 8.82. The zero-order chi connectivity index (χ0) is 13.8. The average molecular weight is 614 g/mol. The average Bonchev–Trinajstić information content (AvgIpc) is 2.58. The molecule has 0 radical (unpaired) electrons. The summed E-state index contributed by atoms with van der Waals surface area (Å²) in [4.78, 5) is -0.0111. The van der Waals surface area contributed by atoms with Crippen LogP contribution in [0.4, 0.5) is 0 Å². The van der Waals surface area contributed by atoms with Crippen molar-refractivity contribution in [3.63, 3.8) is 0 Å². The number of rotatable bonds is 1. The van der Waals surface area contributed by atoms with Gasteiger partial charge in [0.2, 0.25) is 0 Å². The van der Waals surface area contributed by atoms with Gasteiger partial charge in [-0.3, -0.25) is 0 Å². The Balaban J connectivity index is 2.33. The van der Waals surface area contributed by atoms with Crippen LogP contribution >= 0.6 is 37.4 Å². The first-order valence-electron chi connectivity index (χ1n) is 5.25. The number of halogens is 2. The molecule has 0 unspecified atom stereocenters. The van der Waals surface area contributed by atoms with E-state index in [1.165, 1.54) is 15.2 Å². The molecule has 0 aromatic heterocycles. The topological polar surface area (TPSA) is 54.4 Å². The van der Waals surface area contributed by atoms with Crippen LogP contribution in [0, 0.1) is 0 Å². The van der Waals surface area contributed by atoms with E-state index in [2.05, 4.69) is 49.5 Å². The second-order valence-corrected chi connectivity index (χ2v) is 39.7. The Hall–Kier alpha value is 0.600. The summed E-state index contributed by atoms with van der Waals surface area (Å²) >= 11 is 4.99. The Kier molecular flexibility index (Phi) is 3.68. The normalized spacial score (nSPS) is 17.6. The van der Waals surface area contributed by atoms with Gasteiger partial charge in [0.15, 0.2) is 0 Å². The Labute approximate surface area is 134 Å². The molecule has 0 amide bonds. The van der Waals surface area contributed by atoms with Crippen LogP contribution in [-0.2, 0) is 10.1 Å². The van der Waals surface area contributed by atoms with Crippen molar-refractivity contribution in [2.75, 3.05) is 0 Å². The zero-order valence-electron chi connectivity index (χ0n) is 9.38. The molecule has 0 fully saturated rings. The van der Waals surface area contributed by atoms with Crippen LogP contribution in [0.2, 0.25) is 0 Å². The molecule has 100 valence electrons. The SMILES string of the molecule is O=S(=O)(O)c1ccc2c(c1)[Te](I)(I)c1ccccc1-2. The predicted octanol–water partition coefficient (Wildman–Crippen LogP) is 2.34. The van der Waals surface area contributed by atoms with Crippen LogP contribution in [-0.4, -0.2) is 23.3 Å². The van der Waals surface area contributed by atoms with Gasteiger partial charge in [-0.2, -0.15) is 0 Å². The predicted molar refractivity (Wildman–Crippen MR) is 94.8 cm³/mol. The fraction of sp³-hybridized carbons (Fsp3) is 0. The van der Waals surface area contributed by atoms with E-state index in [4.69, 9.17) is 0 Å². The number of hydrogen-bond acceptors (Lipinski definition) is 2. The summed E-state index contributed by atoms with van der Waals surface area (Å²) in [5.41, 5.74) is 2.30. The maximum absolute atomic E-state index is 11.3. The molecule has 7 heteroatoms. The first kappa shape index (κ1) is 14.5. The first-order valence-corrected chi connectivity index (χ1v) is 22.6. The van der Waals surface area contributed by atoms with Gasteiger partial charge in [-0.15, -0.1) is 0 Å². The number of hydrogen-bond donors (Lipinski definition) is 1. The monoisotopic (exact) mass is 616 g/mol. The number of fused-ring (bicyclic) bond motifs is 3. The van der Waals surface area contributed by atoms with E-state index < -0.39 is 20.4 Å². The van der Waals surface area contributed by atoms with Crippen LogP contribution in [0.5, 0.6) is 0 Å². The summed E-state index contributed by atoms with van der Waals surface area (Å²) in [6.07, 6.45) is 0. The van der Waals surface area contributed by atoms with E-state index in [-0.39, 0.29) is 4.90 Å². The Morgan fingerprint density at radius 2 is 1.58 bits per heavy atom. The molecular weight excluding hydrogens is 606 g/mol. The van der Waals surface area contributed by atoms with Crippen molar-refractivity contribution >= 4 is 65.0 Å². The van der Waals surface area contributed by atoms with E-state index in [0.717, 1.165) is 9.17 Å². The van der Waals surface area contributed by atoms with Crippen molar-refractivity contribution in [1.82, 2.24) is 0 Å². The Morgan fingerprint density at radius 1 is 0.947 bits per heavy atom. The molecule has 2 aromatic rings. The minimum absolute atomic E-state index is 0.0111. The van der Waals surface area contributed by atoms with Crippen LogP contribution in [0.25, 0.3) is 11.1 Å². The second-order valence-electron chi connectivity index (χ2n) is 4.10. The summed E-state index contributed by atoms with van der Waals surface area (Å²) in [5, 5.41) is 0. The van der Waals surface area contributed by atoms with E-state index in [1.807, 2.05) is 18.2 Å². The van der Waals surface area contributed by atoms with E-state index in [1.54, 1.807) is 6.07 Å². The molecule has 1 heterocycles. The quantitative estimate of drug-likeness (QED) is 0.306. The molecule has 0 spiro atoms. The van der Waals surface area contributed by atoms with Gasteiger partial charge < -0.3 is 0 Å². The van der Waals surface area contributed by atoms with Gasteiger partial charge in [-0.05, 0) is 0 Å². The third-order valence-electron chi connectivity index (χ3n) is 2.98. The maximum atomic E-state index is 11.3. The molecule has 0 saturated carbocycles. The van der Waals surface area contributed by atoms with E-state index in [0.29, 0.717) is 0 Å². The number of benzene rings is 2. The van der Waals surface area contributed by atoms with Gasteiger partial charge in [-0.25, -0.2) is 0 Å². The molecular formula is C12H8I2O3STe. The summed E-state index contributed by atoms with van der Waals surface area (Å²) in [6, 6.07) is 13.1. The van der Waals surface area contributed by atoms with Gasteiger partial charge in [0.25, 0.3) is 0 Å². The van der Waals surface area contributed by atoms with Crippen molar-refractivity contribution in [1.29, 1.82) is 0 Å². The van der Waals surface area contributed by atoms with Gasteiger partial charge in [0.05, 0.1) is 0 Å². The molecule has 0 saturated heterocycles. The summed E-state index contributed by atoms with van der Waals surface area (Å²) in [7, 11) is -6.66. The van der Waals surface area contributed by atoms with Crippen LogP contribution in [0.1, 0.15) is 0 Å². The third kappa shape index (κ3) is 2.36. The van der Waals surface area contributed by atoms with E-state index >= 15 is 0 Å². The summed E-state index contributed by atoms with van der Waals surface area (Å²) in [6.45, 7) is 0. The molecule has 19 heavy (non-hydrogen) atoms. The van der Waals surface area contributed by atoms with Crippen LogP contribution < -0.4 is 7.22 Å². The van der Waals surface area contributed by atoms with Crippen LogP contribution in [0.15, 0.2) is 47.4 Å². The van der Waals surface area contributed by atoms with Gasteiger partial charge in [-0.1, -0.05) is 0 Å². The Bertz CT molecular complexity index is 787. The summed E-state index contributed by atoms with van der Waals surface area (Å²) < 4.78 is 34.2. The second kappa shape index (κ2) is 4.81. The zero-order valence-corrected chi connectivity index (χ0v) is 16.8. The molecule has 0 atom stereocenters. The standard InChI is InChI=1S/C12H8I2O3STe/c13-19(14)11-4-2-1-3-9(11)10-6-5-8(7-12(10)19)18(15,16)17/h1-7H,(H,15,16,17). The van der Waals surface area contributed by atoms with Crippen molar-refractivity contribution in [2.24, 2.45) is 0 Å². The van der Waals surface area contributed by atoms with Crippen molar-refractivity contribution in [3.8, 4) is 11.1 Å². The molecule has 1 aliphatic heterocycles. The Morgan fingerprint density at radius 3 is 2.26 bits per heavy atom. The van der Waals surface area contributed by atoms with Gasteiger partial charge in [0, 0.05) is 0 Å². The van der Waals surface area contributed by atoms with Crippen LogP contribution in [0.3, 0.4) is 0 Å². The summed E-state index contributed by atoms with van der Waals surface area (Å²) in [5.74, 6) is 0. The van der Waals surface area contributed by atoms with Crippen molar-refractivity contribution in [2.45, 2.75) is 4.90 Å². The fourth-order valence-corrected chi connectivity index (χ4v) is 17.7. The molecule has 3 rings (SSSR count). The molecule has 0 aliphatic carbocycles. The molecule has 2 aromatic carbocycles. The molecule has 1 aliphatic rings. The fourth-order valence-electron chi connectivity index (χ4n) is 2.13. The molecule has 0 bridgehead atoms. The van der Waals surface area contributed by atoms with Crippen molar-refractivity contribution < 1.29 is 13.0 Å². The van der Waals surface area contributed by atoms with Gasteiger partial charge in [0.1, 0.15) is 0 Å². The van der Waals surface area contributed by atoms with E-state index in [9.17, 15) is 13.0 Å². The molecule has 1 N–H and O–H groups in total. The van der Waals surface area contributed by atoms with Crippen molar-refractivity contribution in [3.05, 3.63) is 42.5 Å². The molecule has 3 nitrogen and oxygen atoms in total. The minimum atomic E-state index is -4.14. The van der Waals surface area contributed by atoms with Gasteiger partial charge >= 0.3 is 136 Å².